The zero-order chi connectivity index (χ0) is 27.2. The van der Waals surface area contributed by atoms with E-state index in [1.807, 2.05) is 19.9 Å². The van der Waals surface area contributed by atoms with Gasteiger partial charge < -0.3 is 31.9 Å². The van der Waals surface area contributed by atoms with Crippen LogP contribution in [0.3, 0.4) is 0 Å². The maximum atomic E-state index is 12.7. The van der Waals surface area contributed by atoms with E-state index >= 15 is 0 Å². The first-order valence-corrected chi connectivity index (χ1v) is 10.3. The third-order valence-electron chi connectivity index (χ3n) is 4.13. The molecule has 0 aliphatic rings. The van der Waals surface area contributed by atoms with Gasteiger partial charge in [0.2, 0.25) is 17.7 Å². The van der Waals surface area contributed by atoms with E-state index in [1.54, 1.807) is 24.3 Å². The second kappa shape index (κ2) is 15.3. The predicted octanol–water partition coefficient (Wildman–Crippen LogP) is 0.0376. The zero-order valence-corrected chi connectivity index (χ0v) is 19.1. The van der Waals surface area contributed by atoms with Gasteiger partial charge in [-0.3, -0.25) is 14.4 Å². The number of hydrogen-bond acceptors (Lipinski definition) is 6. The van der Waals surface area contributed by atoms with Crippen molar-refractivity contribution in [2.75, 3.05) is 13.1 Å². The fourth-order valence-electron chi connectivity index (χ4n) is 2.52. The van der Waals surface area contributed by atoms with Gasteiger partial charge in [0, 0.05) is 6.42 Å². The molecule has 0 unspecified atom stereocenters. The molecule has 0 aliphatic heterocycles. The van der Waals surface area contributed by atoms with Gasteiger partial charge in [-0.25, -0.2) is 9.59 Å². The van der Waals surface area contributed by atoms with Crippen LogP contribution in [0.2, 0.25) is 0 Å². The first kappa shape index (κ1) is 31.3. The lowest BCUT2D eigenvalue weighted by atomic mass is 10.0. The fraction of sp³-hybridized carbons (Fsp3) is 0.476. The number of benzene rings is 1. The Kier molecular flexibility index (Phi) is 13.7. The van der Waals surface area contributed by atoms with E-state index in [0.717, 1.165) is 5.56 Å². The Morgan fingerprint density at radius 2 is 1.49 bits per heavy atom. The number of hydrogen-bond donors (Lipinski definition) is 6. The maximum absolute atomic E-state index is 12.7. The van der Waals surface area contributed by atoms with Gasteiger partial charge in [0.1, 0.15) is 12.1 Å². The largest absolute Gasteiger partial charge is 0.490 e. The minimum absolute atomic E-state index is 0.0649. The topological polar surface area (TPSA) is 188 Å². The predicted molar refractivity (Wildman–Crippen MR) is 117 cm³/mol. The number of amides is 3. The number of carboxylic acids is 2. The lowest BCUT2D eigenvalue weighted by Gasteiger charge is -2.22. The van der Waals surface area contributed by atoms with E-state index < -0.39 is 47.9 Å². The van der Waals surface area contributed by atoms with Crippen molar-refractivity contribution in [3.05, 3.63) is 35.9 Å². The van der Waals surface area contributed by atoms with Crippen molar-refractivity contribution >= 4 is 29.7 Å². The first-order valence-electron chi connectivity index (χ1n) is 10.3. The number of carboxylic acid groups (broad SMARTS) is 2. The van der Waals surface area contributed by atoms with Crippen molar-refractivity contribution in [1.29, 1.82) is 0 Å². The van der Waals surface area contributed by atoms with Gasteiger partial charge in [0.05, 0.1) is 13.1 Å². The summed E-state index contributed by atoms with van der Waals surface area (Å²) in [5.41, 5.74) is 5.97. The molecule has 0 heterocycles. The third kappa shape index (κ3) is 14.2. The van der Waals surface area contributed by atoms with Crippen molar-refractivity contribution in [3.63, 3.8) is 0 Å². The molecule has 0 saturated carbocycles. The van der Waals surface area contributed by atoms with Gasteiger partial charge in [0.15, 0.2) is 0 Å². The average Bonchev–Trinajstić information content (AvgIpc) is 2.76. The number of nitrogens with two attached hydrogens (primary N) is 1. The molecular weight excluding hydrogens is 477 g/mol. The van der Waals surface area contributed by atoms with Gasteiger partial charge in [0.25, 0.3) is 0 Å². The second-order valence-corrected chi connectivity index (χ2v) is 7.62. The van der Waals surface area contributed by atoms with Crippen molar-refractivity contribution in [2.45, 2.75) is 44.9 Å². The third-order valence-corrected chi connectivity index (χ3v) is 4.13. The Balaban J connectivity index is 0.00000143. The van der Waals surface area contributed by atoms with Crippen LogP contribution in [-0.4, -0.2) is 71.2 Å². The molecule has 3 amide bonds. The van der Waals surface area contributed by atoms with Crippen molar-refractivity contribution in [2.24, 2.45) is 11.7 Å². The van der Waals surface area contributed by atoms with E-state index in [4.69, 9.17) is 15.6 Å². The molecule has 1 aromatic carbocycles. The number of carbonyl (C=O) groups excluding carboxylic acids is 3. The van der Waals surface area contributed by atoms with Crippen molar-refractivity contribution < 1.29 is 47.4 Å². The Bertz CT molecular complexity index is 864. The molecule has 0 aromatic heterocycles. The fourth-order valence-corrected chi connectivity index (χ4v) is 2.52. The minimum Gasteiger partial charge on any atom is -0.480 e. The molecule has 1 rings (SSSR count). The molecule has 0 spiro atoms. The average molecular weight is 506 g/mol. The monoisotopic (exact) mass is 506 g/mol. The minimum atomic E-state index is -5.08. The van der Waals surface area contributed by atoms with Gasteiger partial charge in [-0.15, -0.1) is 0 Å². The second-order valence-electron chi connectivity index (χ2n) is 7.62. The van der Waals surface area contributed by atoms with Gasteiger partial charge in [-0.05, 0) is 17.9 Å². The Morgan fingerprint density at radius 3 is 1.91 bits per heavy atom. The molecule has 0 fully saturated rings. The van der Waals surface area contributed by atoms with Crippen LogP contribution in [0.15, 0.2) is 30.3 Å². The maximum Gasteiger partial charge on any atom is 0.490 e. The molecule has 7 N–H and O–H groups in total. The van der Waals surface area contributed by atoms with Crippen LogP contribution in [0.1, 0.15) is 25.8 Å². The Hall–Kier alpha value is -3.68. The highest BCUT2D eigenvalue weighted by Gasteiger charge is 2.38. The number of halogens is 3. The highest BCUT2D eigenvalue weighted by Crippen LogP contribution is 2.13. The van der Waals surface area contributed by atoms with Crippen molar-refractivity contribution in [3.8, 4) is 0 Å². The first-order chi connectivity index (χ1) is 16.2. The van der Waals surface area contributed by atoms with E-state index in [2.05, 4.69) is 16.0 Å². The summed E-state index contributed by atoms with van der Waals surface area (Å²) in [4.78, 5) is 56.3. The number of nitrogens with one attached hydrogen (secondary N) is 3. The molecule has 0 aliphatic carbocycles. The zero-order valence-electron chi connectivity index (χ0n) is 19.1. The molecule has 35 heavy (non-hydrogen) atoms. The number of carbonyl (C=O) groups is 5. The quantitative estimate of drug-likeness (QED) is 0.243. The molecule has 0 saturated heterocycles. The molecular formula is C21H29F3N4O7. The highest BCUT2D eigenvalue weighted by molar-refractivity contribution is 5.92. The van der Waals surface area contributed by atoms with Gasteiger partial charge in [-0.1, -0.05) is 44.2 Å². The highest BCUT2D eigenvalue weighted by atomic mass is 19.4. The SMILES string of the molecule is CC(C)C[C@H](NC(=O)[C@H](Cc1ccccc1)NC(=O)CNC(=O)CN)C(=O)O.O=C(O)C(F)(F)F. The summed E-state index contributed by atoms with van der Waals surface area (Å²) in [7, 11) is 0. The summed E-state index contributed by atoms with van der Waals surface area (Å²) in [5.74, 6) is -5.50. The summed E-state index contributed by atoms with van der Waals surface area (Å²) < 4.78 is 31.7. The van der Waals surface area contributed by atoms with Crippen LogP contribution < -0.4 is 21.7 Å². The standard InChI is InChI=1S/C19H28N4O5.C2HF3O2/c1-12(2)8-15(19(27)28)23-18(26)14(9-13-6-4-3-5-7-13)22-17(25)11-21-16(24)10-20;3-2(4,5)1(6)7/h3-7,12,14-15H,8-11,20H2,1-2H3,(H,21,24)(H,22,25)(H,23,26)(H,27,28);(H,6,7)/t14-,15-;/m0./s1. The summed E-state index contributed by atoms with van der Waals surface area (Å²) in [5, 5.41) is 23.8. The number of aliphatic carboxylic acids is 2. The number of rotatable bonds is 11. The molecule has 196 valence electrons. The van der Waals surface area contributed by atoms with E-state index in [0.29, 0.717) is 0 Å². The molecule has 11 nitrogen and oxygen atoms in total. The van der Waals surface area contributed by atoms with Gasteiger partial charge >= 0.3 is 18.1 Å². The van der Waals surface area contributed by atoms with Crippen LogP contribution in [0.25, 0.3) is 0 Å². The number of alkyl halides is 3. The Morgan fingerprint density at radius 1 is 0.943 bits per heavy atom. The summed E-state index contributed by atoms with van der Waals surface area (Å²) in [6, 6.07) is 6.97. The van der Waals surface area contributed by atoms with E-state index in [9.17, 15) is 37.5 Å². The lowest BCUT2D eigenvalue weighted by Crippen LogP contribution is -2.54. The van der Waals surface area contributed by atoms with Crippen molar-refractivity contribution in [1.82, 2.24) is 16.0 Å². The summed E-state index contributed by atoms with van der Waals surface area (Å²) in [6.07, 6.45) is -4.64. The lowest BCUT2D eigenvalue weighted by molar-refractivity contribution is -0.192. The van der Waals surface area contributed by atoms with Crippen LogP contribution in [-0.2, 0) is 30.4 Å². The van der Waals surface area contributed by atoms with Crippen LogP contribution in [0.4, 0.5) is 13.2 Å². The van der Waals surface area contributed by atoms with Crippen LogP contribution in [0.5, 0.6) is 0 Å². The summed E-state index contributed by atoms with van der Waals surface area (Å²) in [6.45, 7) is 3.12. The normalized spacial score (nSPS) is 12.4. The molecule has 14 heteroatoms. The smallest absolute Gasteiger partial charge is 0.480 e. The molecule has 2 atom stereocenters. The van der Waals surface area contributed by atoms with Crippen LogP contribution >= 0.6 is 0 Å². The molecule has 1 aromatic rings. The molecule has 0 radical (unpaired) electrons. The van der Waals surface area contributed by atoms with E-state index in [1.165, 1.54) is 0 Å². The Labute approximate surface area is 199 Å². The summed E-state index contributed by atoms with van der Waals surface area (Å²) >= 11 is 0. The van der Waals surface area contributed by atoms with E-state index in [-0.39, 0.29) is 31.8 Å². The van der Waals surface area contributed by atoms with Crippen LogP contribution in [0, 0.1) is 5.92 Å². The van der Waals surface area contributed by atoms with Gasteiger partial charge in [-0.2, -0.15) is 13.2 Å². The molecule has 0 bridgehead atoms.